The van der Waals surface area contributed by atoms with Gasteiger partial charge in [-0.1, -0.05) is 52.8 Å². The monoisotopic (exact) mass is 391 g/mol. The van der Waals surface area contributed by atoms with Gasteiger partial charge in [0.25, 0.3) is 0 Å². The van der Waals surface area contributed by atoms with Gasteiger partial charge in [0.05, 0.1) is 0 Å². The Balaban J connectivity index is 1.99. The van der Waals surface area contributed by atoms with Crippen molar-refractivity contribution in [3.63, 3.8) is 0 Å². The zero-order chi connectivity index (χ0) is 21.2. The van der Waals surface area contributed by atoms with Crippen molar-refractivity contribution in [2.24, 2.45) is 0 Å². The number of carbonyl (C=O) groups is 1. The molecule has 0 saturated heterocycles. The molecule has 0 unspecified atom stereocenters. The van der Waals surface area contributed by atoms with Gasteiger partial charge in [-0.25, -0.2) is 4.79 Å². The molecule has 0 heterocycles. The van der Waals surface area contributed by atoms with E-state index in [1.807, 2.05) is 12.1 Å². The molecule has 1 aliphatic carbocycles. The summed E-state index contributed by atoms with van der Waals surface area (Å²) in [5, 5.41) is 8.82. The van der Waals surface area contributed by atoms with Gasteiger partial charge in [-0.3, -0.25) is 0 Å². The van der Waals surface area contributed by atoms with Gasteiger partial charge in [0.15, 0.2) is 0 Å². The van der Waals surface area contributed by atoms with Crippen LogP contribution in [-0.2, 0) is 15.6 Å². The first-order valence-corrected chi connectivity index (χ1v) is 10.6. The zero-order valence-corrected chi connectivity index (χ0v) is 18.3. The van der Waals surface area contributed by atoms with E-state index in [2.05, 4.69) is 69.9 Å². The van der Waals surface area contributed by atoms with Crippen molar-refractivity contribution >= 4 is 23.4 Å². The highest BCUT2D eigenvalue weighted by Gasteiger charge is 2.37. The van der Waals surface area contributed by atoms with E-state index in [0.29, 0.717) is 0 Å². The third-order valence-corrected chi connectivity index (χ3v) is 6.22. The molecule has 3 rings (SSSR count). The Morgan fingerprint density at radius 1 is 0.966 bits per heavy atom. The second kappa shape index (κ2) is 8.06. The number of benzene rings is 2. The van der Waals surface area contributed by atoms with Gasteiger partial charge >= 0.3 is 5.97 Å². The highest BCUT2D eigenvalue weighted by molar-refractivity contribution is 5.85. The average Bonchev–Trinajstić information content (AvgIpc) is 2.68. The van der Waals surface area contributed by atoms with Crippen molar-refractivity contribution < 1.29 is 9.90 Å². The number of aliphatic carboxylic acids is 1. The maximum atomic E-state index is 10.7. The van der Waals surface area contributed by atoms with E-state index in [1.165, 1.54) is 35.7 Å². The van der Waals surface area contributed by atoms with Crippen molar-refractivity contribution in [3.05, 3.63) is 65.2 Å². The second-order valence-electron chi connectivity index (χ2n) is 9.41. The normalized spacial score (nSPS) is 17.1. The Labute approximate surface area is 175 Å². The third kappa shape index (κ3) is 4.55. The molecule has 0 spiro atoms. The minimum absolute atomic E-state index is 0.185. The molecule has 0 aromatic heterocycles. The lowest BCUT2D eigenvalue weighted by Crippen LogP contribution is -2.34. The van der Waals surface area contributed by atoms with Crippen LogP contribution < -0.4 is 4.90 Å². The zero-order valence-electron chi connectivity index (χ0n) is 18.3. The predicted molar refractivity (Wildman–Crippen MR) is 122 cm³/mol. The van der Waals surface area contributed by atoms with Crippen LogP contribution in [0.4, 0.5) is 11.4 Å². The minimum atomic E-state index is -0.929. The van der Waals surface area contributed by atoms with Gasteiger partial charge in [0, 0.05) is 24.0 Å². The summed E-state index contributed by atoms with van der Waals surface area (Å²) in [6.45, 7) is 12.6. The number of hydrogen-bond acceptors (Lipinski definition) is 2. The highest BCUT2D eigenvalue weighted by Crippen LogP contribution is 2.47. The first-order valence-electron chi connectivity index (χ1n) is 10.6. The van der Waals surface area contributed by atoms with Gasteiger partial charge < -0.3 is 10.0 Å². The number of fused-ring (bicyclic) bond motifs is 1. The van der Waals surface area contributed by atoms with E-state index in [-0.39, 0.29) is 10.8 Å². The van der Waals surface area contributed by atoms with Crippen molar-refractivity contribution in [1.82, 2.24) is 0 Å². The van der Waals surface area contributed by atoms with E-state index < -0.39 is 5.97 Å². The largest absolute Gasteiger partial charge is 0.478 e. The van der Waals surface area contributed by atoms with Gasteiger partial charge in [-0.05, 0) is 77.1 Å². The molecule has 1 aliphatic rings. The van der Waals surface area contributed by atoms with Gasteiger partial charge in [-0.2, -0.15) is 0 Å². The molecule has 0 radical (unpaired) electrons. The molecule has 0 bridgehead atoms. The van der Waals surface area contributed by atoms with E-state index >= 15 is 0 Å². The quantitative estimate of drug-likeness (QED) is 0.558. The van der Waals surface area contributed by atoms with Crippen LogP contribution in [0.2, 0.25) is 0 Å². The summed E-state index contributed by atoms with van der Waals surface area (Å²) < 4.78 is 0. The molecule has 0 fully saturated rings. The van der Waals surface area contributed by atoms with Crippen molar-refractivity contribution in [1.29, 1.82) is 0 Å². The van der Waals surface area contributed by atoms with E-state index in [9.17, 15) is 4.79 Å². The molecule has 2 aromatic rings. The molecule has 3 nitrogen and oxygen atoms in total. The van der Waals surface area contributed by atoms with Crippen LogP contribution in [0.25, 0.3) is 6.08 Å². The summed E-state index contributed by atoms with van der Waals surface area (Å²) in [6.07, 6.45) is 6.27. The Morgan fingerprint density at radius 3 is 2.14 bits per heavy atom. The average molecular weight is 392 g/mol. The number of hydrogen-bond donors (Lipinski definition) is 1. The van der Waals surface area contributed by atoms with Crippen LogP contribution in [0.3, 0.4) is 0 Å². The molecule has 154 valence electrons. The van der Waals surface area contributed by atoms with Crippen LogP contribution in [0.5, 0.6) is 0 Å². The molecule has 0 aliphatic heterocycles. The highest BCUT2D eigenvalue weighted by atomic mass is 16.4. The summed E-state index contributed by atoms with van der Waals surface area (Å²) in [5.41, 5.74) is 6.59. The van der Waals surface area contributed by atoms with Crippen LogP contribution in [0, 0.1) is 0 Å². The Bertz CT molecular complexity index is 907. The summed E-state index contributed by atoms with van der Waals surface area (Å²) in [5.74, 6) is -0.929. The van der Waals surface area contributed by atoms with E-state index in [4.69, 9.17) is 5.11 Å². The van der Waals surface area contributed by atoms with Gasteiger partial charge in [0.2, 0.25) is 0 Å². The van der Waals surface area contributed by atoms with Crippen LogP contribution in [0.1, 0.15) is 70.6 Å². The Kier molecular flexibility index (Phi) is 5.88. The minimum Gasteiger partial charge on any atom is -0.478 e. The molecule has 1 N–H and O–H groups in total. The number of rotatable bonds is 6. The summed E-state index contributed by atoms with van der Waals surface area (Å²) in [4.78, 5) is 13.1. The van der Waals surface area contributed by atoms with Crippen LogP contribution >= 0.6 is 0 Å². The topological polar surface area (TPSA) is 40.5 Å². The molecule has 0 atom stereocenters. The Hall–Kier alpha value is -2.55. The predicted octanol–water partition coefficient (Wildman–Crippen LogP) is 6.68. The first-order chi connectivity index (χ1) is 13.6. The standard InChI is InChI=1S/C26H33NO2/c1-6-17-27(20-10-7-19(8-11-20)9-14-24(28)29)21-12-13-22-23(18-21)26(4,5)16-15-25(22,2)3/h7-14,18H,6,15-17H2,1-5H3,(H,28,29)/b14-9+. The lowest BCUT2D eigenvalue weighted by atomic mass is 9.63. The number of anilines is 2. The van der Waals surface area contributed by atoms with Crippen molar-refractivity contribution in [2.45, 2.75) is 64.7 Å². The molecule has 3 heteroatoms. The fourth-order valence-electron chi connectivity index (χ4n) is 4.31. The lowest BCUT2D eigenvalue weighted by Gasteiger charge is -2.42. The number of nitrogens with zero attached hydrogens (tertiary/aromatic N) is 1. The first kappa shape index (κ1) is 21.2. The smallest absolute Gasteiger partial charge is 0.328 e. The number of carboxylic acids is 1. The molecular weight excluding hydrogens is 358 g/mol. The summed E-state index contributed by atoms with van der Waals surface area (Å²) >= 11 is 0. The Morgan fingerprint density at radius 2 is 1.55 bits per heavy atom. The molecule has 0 amide bonds. The summed E-state index contributed by atoms with van der Waals surface area (Å²) in [6, 6.07) is 15.1. The molecule has 0 saturated carbocycles. The van der Waals surface area contributed by atoms with E-state index in [1.54, 1.807) is 6.08 Å². The lowest BCUT2D eigenvalue weighted by molar-refractivity contribution is -0.131. The van der Waals surface area contributed by atoms with E-state index in [0.717, 1.165) is 24.2 Å². The molecular formula is C26H33NO2. The molecule has 29 heavy (non-hydrogen) atoms. The fourth-order valence-corrected chi connectivity index (χ4v) is 4.31. The number of carboxylic acid groups (broad SMARTS) is 1. The van der Waals surface area contributed by atoms with Gasteiger partial charge in [-0.15, -0.1) is 0 Å². The van der Waals surface area contributed by atoms with Gasteiger partial charge in [0.1, 0.15) is 0 Å². The maximum absolute atomic E-state index is 10.7. The SMILES string of the molecule is CCCN(c1ccc(/C=C/C(=O)O)cc1)c1ccc2c(c1)C(C)(C)CCC2(C)C. The van der Waals surface area contributed by atoms with Crippen LogP contribution in [0.15, 0.2) is 48.5 Å². The van der Waals surface area contributed by atoms with Crippen molar-refractivity contribution in [3.8, 4) is 0 Å². The second-order valence-corrected chi connectivity index (χ2v) is 9.41. The van der Waals surface area contributed by atoms with Crippen LogP contribution in [-0.4, -0.2) is 17.6 Å². The molecule has 2 aromatic carbocycles. The fraction of sp³-hybridized carbons (Fsp3) is 0.423. The van der Waals surface area contributed by atoms with Crippen molar-refractivity contribution in [2.75, 3.05) is 11.4 Å². The maximum Gasteiger partial charge on any atom is 0.328 e. The third-order valence-electron chi connectivity index (χ3n) is 6.22. The summed E-state index contributed by atoms with van der Waals surface area (Å²) in [7, 11) is 0.